The van der Waals surface area contributed by atoms with Crippen molar-refractivity contribution in [2.24, 2.45) is 16.8 Å². The fourth-order valence-electron chi connectivity index (χ4n) is 3.69. The third-order valence-electron chi connectivity index (χ3n) is 5.86. The summed E-state index contributed by atoms with van der Waals surface area (Å²) >= 11 is 1.64. The van der Waals surface area contributed by atoms with E-state index in [4.69, 9.17) is 14.5 Å². The molecule has 1 aromatic heterocycles. The van der Waals surface area contributed by atoms with Gasteiger partial charge < -0.3 is 9.47 Å². The number of benzene rings is 3. The molecule has 0 aliphatic carbocycles. The molecule has 0 aliphatic rings. The van der Waals surface area contributed by atoms with Crippen molar-refractivity contribution in [1.29, 1.82) is 0 Å². The van der Waals surface area contributed by atoms with Crippen molar-refractivity contribution in [2.75, 3.05) is 13.2 Å². The summed E-state index contributed by atoms with van der Waals surface area (Å²) in [5.74, 6) is 3.03. The lowest BCUT2D eigenvalue weighted by molar-refractivity contribution is 0.289. The van der Waals surface area contributed by atoms with Crippen LogP contribution in [0.5, 0.6) is 11.5 Å². The lowest BCUT2D eigenvalue weighted by Crippen LogP contribution is -2.13. The van der Waals surface area contributed by atoms with Crippen LogP contribution in [0, 0.1) is 11.8 Å². The van der Waals surface area contributed by atoms with E-state index < -0.39 is 0 Å². The maximum atomic E-state index is 5.94. The summed E-state index contributed by atoms with van der Waals surface area (Å²) < 4.78 is 14.0. The molecule has 36 heavy (non-hydrogen) atoms. The molecule has 3 aromatic carbocycles. The van der Waals surface area contributed by atoms with Crippen molar-refractivity contribution in [3.05, 3.63) is 89.0 Å². The maximum absolute atomic E-state index is 5.94. The molecule has 0 fully saturated rings. The Balaban J connectivity index is 1.63. The highest BCUT2D eigenvalue weighted by Crippen LogP contribution is 2.26. The molecule has 0 bridgehead atoms. The first-order chi connectivity index (χ1) is 17.5. The summed E-state index contributed by atoms with van der Waals surface area (Å²) in [6, 6.07) is 26.8. The number of nitrogens with zero attached hydrogens (tertiary/aromatic N) is 2. The molecule has 0 saturated heterocycles. The van der Waals surface area contributed by atoms with Crippen LogP contribution in [0.1, 0.15) is 40.5 Å². The average Bonchev–Trinajstić information content (AvgIpc) is 3.29. The monoisotopic (exact) mass is 500 g/mol. The van der Waals surface area contributed by atoms with E-state index in [1.165, 1.54) is 0 Å². The summed E-state index contributed by atoms with van der Waals surface area (Å²) in [6.45, 7) is 10.3. The van der Waals surface area contributed by atoms with Gasteiger partial charge >= 0.3 is 0 Å². The van der Waals surface area contributed by atoms with Gasteiger partial charge in [-0.15, -0.1) is 11.3 Å². The number of aromatic nitrogens is 1. The number of hydrogen-bond acceptors (Lipinski definition) is 4. The van der Waals surface area contributed by atoms with Crippen LogP contribution < -0.4 is 14.3 Å². The molecular formula is C31H36N2O2S. The molecule has 4 aromatic rings. The van der Waals surface area contributed by atoms with Crippen molar-refractivity contribution in [1.82, 2.24) is 4.57 Å². The molecule has 0 amide bonds. The molecule has 4 rings (SSSR count). The largest absolute Gasteiger partial charge is 0.494 e. The highest BCUT2D eigenvalue weighted by Gasteiger charge is 2.11. The Hall–Kier alpha value is -3.31. The zero-order valence-corrected chi connectivity index (χ0v) is 22.5. The molecule has 4 nitrogen and oxygen atoms in total. The second-order valence-electron chi connectivity index (χ2n) is 9.77. The van der Waals surface area contributed by atoms with Crippen LogP contribution in [0.4, 0.5) is 5.69 Å². The van der Waals surface area contributed by atoms with E-state index in [0.29, 0.717) is 11.8 Å². The highest BCUT2D eigenvalue weighted by molar-refractivity contribution is 7.07. The van der Waals surface area contributed by atoms with Crippen LogP contribution in [-0.4, -0.2) is 17.8 Å². The molecule has 0 radical (unpaired) electrons. The lowest BCUT2D eigenvalue weighted by atomic mass is 10.1. The Kier molecular flexibility index (Phi) is 9.01. The van der Waals surface area contributed by atoms with E-state index >= 15 is 0 Å². The van der Waals surface area contributed by atoms with Crippen molar-refractivity contribution in [3.63, 3.8) is 0 Å². The minimum atomic E-state index is 0.629. The standard InChI is InChI=1S/C31H36N2O2S/c1-23(2)18-20-34-28-14-10-26(11-15-28)32-31-33(30(22-36-31)25-8-6-5-7-9-25)27-12-16-29(17-13-27)35-21-19-24(3)4/h5-17,22-24H,18-21H2,1-4H3. The van der Waals surface area contributed by atoms with Gasteiger partial charge in [0.25, 0.3) is 0 Å². The van der Waals surface area contributed by atoms with Crippen LogP contribution in [0.25, 0.3) is 16.9 Å². The Morgan fingerprint density at radius 2 is 1.28 bits per heavy atom. The van der Waals surface area contributed by atoms with E-state index in [0.717, 1.165) is 65.0 Å². The van der Waals surface area contributed by atoms with Crippen LogP contribution in [-0.2, 0) is 0 Å². The SMILES string of the molecule is CC(C)CCOc1ccc(N=c2scc(-c3ccccc3)n2-c2ccc(OCCC(C)C)cc2)cc1. The quantitative estimate of drug-likeness (QED) is 0.208. The number of rotatable bonds is 11. The summed E-state index contributed by atoms with van der Waals surface area (Å²) in [4.78, 5) is 5.91. The van der Waals surface area contributed by atoms with Crippen molar-refractivity contribution in [3.8, 4) is 28.4 Å². The minimum Gasteiger partial charge on any atom is -0.494 e. The van der Waals surface area contributed by atoms with Crippen molar-refractivity contribution >= 4 is 17.0 Å². The molecule has 1 heterocycles. The first-order valence-electron chi connectivity index (χ1n) is 12.8. The van der Waals surface area contributed by atoms with Gasteiger partial charge in [0, 0.05) is 11.1 Å². The fraction of sp³-hybridized carbons (Fsp3) is 0.323. The van der Waals surface area contributed by atoms with Crippen LogP contribution in [0.3, 0.4) is 0 Å². The van der Waals surface area contributed by atoms with Gasteiger partial charge in [-0.1, -0.05) is 58.0 Å². The zero-order valence-electron chi connectivity index (χ0n) is 21.7. The maximum Gasteiger partial charge on any atom is 0.195 e. The Labute approximate surface area is 218 Å². The van der Waals surface area contributed by atoms with Gasteiger partial charge in [0.15, 0.2) is 4.80 Å². The Morgan fingerprint density at radius 3 is 1.83 bits per heavy atom. The van der Waals surface area contributed by atoms with Crippen LogP contribution in [0.15, 0.2) is 89.2 Å². The highest BCUT2D eigenvalue weighted by atomic mass is 32.1. The summed E-state index contributed by atoms with van der Waals surface area (Å²) in [7, 11) is 0. The number of ether oxygens (including phenoxy) is 2. The molecule has 5 heteroatoms. The van der Waals surface area contributed by atoms with Crippen molar-refractivity contribution in [2.45, 2.75) is 40.5 Å². The first kappa shape index (κ1) is 25.8. The summed E-state index contributed by atoms with van der Waals surface area (Å²) in [6.07, 6.45) is 2.09. The van der Waals surface area contributed by atoms with E-state index in [-0.39, 0.29) is 0 Å². The van der Waals surface area contributed by atoms with E-state index in [9.17, 15) is 0 Å². The minimum absolute atomic E-state index is 0.629. The van der Waals surface area contributed by atoms with Gasteiger partial charge in [-0.2, -0.15) is 0 Å². The van der Waals surface area contributed by atoms with Crippen molar-refractivity contribution < 1.29 is 9.47 Å². The summed E-state index contributed by atoms with van der Waals surface area (Å²) in [5, 5.41) is 2.17. The number of hydrogen-bond donors (Lipinski definition) is 0. The van der Waals surface area contributed by atoms with Gasteiger partial charge in [-0.3, -0.25) is 4.57 Å². The fourth-order valence-corrected chi connectivity index (χ4v) is 4.62. The van der Waals surface area contributed by atoms with Gasteiger partial charge in [0.2, 0.25) is 0 Å². The molecule has 0 unspecified atom stereocenters. The van der Waals surface area contributed by atoms with Crippen LogP contribution in [0.2, 0.25) is 0 Å². The summed E-state index contributed by atoms with van der Waals surface area (Å²) in [5.41, 5.74) is 4.22. The lowest BCUT2D eigenvalue weighted by Gasteiger charge is -2.12. The van der Waals surface area contributed by atoms with E-state index in [1.54, 1.807) is 11.3 Å². The van der Waals surface area contributed by atoms with Gasteiger partial charge in [-0.25, -0.2) is 4.99 Å². The van der Waals surface area contributed by atoms with Gasteiger partial charge in [0.1, 0.15) is 11.5 Å². The molecule has 0 N–H and O–H groups in total. The first-order valence-corrected chi connectivity index (χ1v) is 13.6. The predicted molar refractivity (Wildman–Crippen MR) is 151 cm³/mol. The van der Waals surface area contributed by atoms with Gasteiger partial charge in [-0.05, 0) is 78.8 Å². The molecule has 0 atom stereocenters. The molecule has 188 valence electrons. The second-order valence-corrected chi connectivity index (χ2v) is 10.6. The smallest absolute Gasteiger partial charge is 0.195 e. The predicted octanol–water partition coefficient (Wildman–Crippen LogP) is 8.29. The van der Waals surface area contributed by atoms with E-state index in [1.807, 2.05) is 42.5 Å². The topological polar surface area (TPSA) is 35.8 Å². The second kappa shape index (κ2) is 12.6. The third-order valence-corrected chi connectivity index (χ3v) is 6.69. The van der Waals surface area contributed by atoms with Gasteiger partial charge in [0.05, 0.1) is 24.6 Å². The van der Waals surface area contributed by atoms with Crippen LogP contribution >= 0.6 is 11.3 Å². The molecule has 0 aliphatic heterocycles. The average molecular weight is 501 g/mol. The zero-order chi connectivity index (χ0) is 25.3. The molecule has 0 spiro atoms. The Morgan fingerprint density at radius 1 is 0.722 bits per heavy atom. The Bertz CT molecular complexity index is 1270. The number of thiazole rings is 1. The molecular weight excluding hydrogens is 464 g/mol. The normalized spacial score (nSPS) is 11.9. The van der Waals surface area contributed by atoms with E-state index in [2.05, 4.69) is 74.0 Å². The third kappa shape index (κ3) is 7.11. The molecule has 0 saturated carbocycles.